The molecule has 6 heteroatoms. The topological polar surface area (TPSA) is 71.0 Å². The molecule has 1 amide bonds. The first-order chi connectivity index (χ1) is 12.6. The summed E-state index contributed by atoms with van der Waals surface area (Å²) in [6.45, 7) is 3.85. The van der Waals surface area contributed by atoms with E-state index in [1.807, 2.05) is 60.9 Å². The quantitative estimate of drug-likeness (QED) is 0.701. The van der Waals surface area contributed by atoms with Crippen molar-refractivity contribution in [1.29, 1.82) is 5.26 Å². The summed E-state index contributed by atoms with van der Waals surface area (Å²) in [4.78, 5) is 12.4. The number of anilines is 1. The Hall–Kier alpha value is -2.91. The van der Waals surface area contributed by atoms with Gasteiger partial charge in [-0.15, -0.1) is 11.8 Å². The van der Waals surface area contributed by atoms with Crippen molar-refractivity contribution < 1.29 is 9.21 Å². The van der Waals surface area contributed by atoms with Gasteiger partial charge in [-0.25, -0.2) is 0 Å². The van der Waals surface area contributed by atoms with Gasteiger partial charge in [0.05, 0.1) is 23.3 Å². The van der Waals surface area contributed by atoms with Gasteiger partial charge in [0.2, 0.25) is 5.91 Å². The number of carbonyl (C=O) groups excluding carboxylic acids is 1. The molecule has 0 aliphatic heterocycles. The average molecular weight is 365 g/mol. The van der Waals surface area contributed by atoms with Crippen LogP contribution in [0.25, 0.3) is 5.69 Å². The van der Waals surface area contributed by atoms with Crippen LogP contribution in [-0.2, 0) is 10.5 Å². The lowest BCUT2D eigenvalue weighted by molar-refractivity contribution is -0.113. The number of hydrogen-bond donors (Lipinski definition) is 1. The molecule has 2 heterocycles. The maximum absolute atomic E-state index is 12.4. The lowest BCUT2D eigenvalue weighted by Gasteiger charge is -2.13. The summed E-state index contributed by atoms with van der Waals surface area (Å²) >= 11 is 1.47. The molecule has 3 aromatic rings. The third kappa shape index (κ3) is 3.68. The largest absolute Gasteiger partial charge is 0.468 e. The number of carbonyl (C=O) groups is 1. The third-order valence-corrected chi connectivity index (χ3v) is 5.11. The van der Waals surface area contributed by atoms with E-state index in [2.05, 4.69) is 11.4 Å². The van der Waals surface area contributed by atoms with Gasteiger partial charge < -0.3 is 9.73 Å². The highest BCUT2D eigenvalue weighted by Gasteiger charge is 2.20. The van der Waals surface area contributed by atoms with Crippen LogP contribution in [0.1, 0.15) is 22.6 Å². The van der Waals surface area contributed by atoms with Gasteiger partial charge in [-0.1, -0.05) is 18.2 Å². The zero-order chi connectivity index (χ0) is 18.5. The minimum atomic E-state index is -0.146. The van der Waals surface area contributed by atoms with Crippen LogP contribution in [0.2, 0.25) is 0 Å². The number of benzene rings is 1. The maximum atomic E-state index is 12.4. The van der Waals surface area contributed by atoms with E-state index < -0.39 is 0 Å². The summed E-state index contributed by atoms with van der Waals surface area (Å²) in [7, 11) is 0. The van der Waals surface area contributed by atoms with Gasteiger partial charge in [0, 0.05) is 11.4 Å². The monoisotopic (exact) mass is 365 g/mol. The van der Waals surface area contributed by atoms with Gasteiger partial charge in [-0.05, 0) is 43.7 Å². The molecule has 26 heavy (non-hydrogen) atoms. The van der Waals surface area contributed by atoms with Crippen molar-refractivity contribution in [3.8, 4) is 11.8 Å². The smallest absolute Gasteiger partial charge is 0.235 e. The highest BCUT2D eigenvalue weighted by atomic mass is 32.2. The Bertz CT molecular complexity index is 938. The molecule has 0 aliphatic carbocycles. The first-order valence-electron chi connectivity index (χ1n) is 8.19. The van der Waals surface area contributed by atoms with E-state index in [4.69, 9.17) is 4.42 Å². The minimum absolute atomic E-state index is 0.146. The molecule has 0 spiro atoms. The fraction of sp³-hybridized carbons (Fsp3) is 0.200. The lowest BCUT2D eigenvalue weighted by Crippen LogP contribution is -2.17. The summed E-state index contributed by atoms with van der Waals surface area (Å²) < 4.78 is 7.19. The van der Waals surface area contributed by atoms with Crippen LogP contribution in [0.3, 0.4) is 0 Å². The van der Waals surface area contributed by atoms with E-state index in [9.17, 15) is 10.1 Å². The molecule has 0 radical (unpaired) electrons. The SMILES string of the molecule is Cc1c(C#N)c(NC(=O)CSCc2ccco2)n(-c2ccccc2)c1C. The van der Waals surface area contributed by atoms with Gasteiger partial charge in [-0.3, -0.25) is 9.36 Å². The Balaban J connectivity index is 1.81. The van der Waals surface area contributed by atoms with E-state index in [1.165, 1.54) is 11.8 Å². The van der Waals surface area contributed by atoms with E-state index in [0.29, 0.717) is 17.1 Å². The van der Waals surface area contributed by atoms with Crippen molar-refractivity contribution in [2.24, 2.45) is 0 Å². The number of aromatic nitrogens is 1. The molecule has 5 nitrogen and oxygen atoms in total. The molecule has 0 unspecified atom stereocenters. The minimum Gasteiger partial charge on any atom is -0.468 e. The van der Waals surface area contributed by atoms with Crippen LogP contribution in [0.5, 0.6) is 0 Å². The summed E-state index contributed by atoms with van der Waals surface area (Å²) in [5.74, 6) is 2.12. The molecular formula is C20H19N3O2S. The molecule has 1 aromatic carbocycles. The average Bonchev–Trinajstić information content (AvgIpc) is 3.23. The molecule has 132 valence electrons. The van der Waals surface area contributed by atoms with Crippen molar-refractivity contribution in [2.45, 2.75) is 19.6 Å². The number of rotatable bonds is 6. The number of nitriles is 1. The highest BCUT2D eigenvalue weighted by molar-refractivity contribution is 7.99. The summed E-state index contributed by atoms with van der Waals surface area (Å²) in [5, 5.41) is 12.5. The van der Waals surface area contributed by atoms with E-state index in [1.54, 1.807) is 6.26 Å². The Labute approximate surface area is 156 Å². The molecule has 0 bridgehead atoms. The number of hydrogen-bond acceptors (Lipinski definition) is 4. The molecular weight excluding hydrogens is 346 g/mol. The molecule has 0 aliphatic rings. The van der Waals surface area contributed by atoms with Crippen LogP contribution in [-0.4, -0.2) is 16.2 Å². The Kier molecular flexibility index (Phi) is 5.49. The predicted molar refractivity (Wildman–Crippen MR) is 103 cm³/mol. The zero-order valence-corrected chi connectivity index (χ0v) is 15.5. The maximum Gasteiger partial charge on any atom is 0.235 e. The second kappa shape index (κ2) is 7.98. The molecule has 2 aromatic heterocycles. The molecule has 0 atom stereocenters. The van der Waals surface area contributed by atoms with Crippen LogP contribution < -0.4 is 5.32 Å². The number of nitrogens with zero attached hydrogens (tertiary/aromatic N) is 2. The second-order valence-electron chi connectivity index (χ2n) is 5.84. The van der Waals surface area contributed by atoms with Crippen LogP contribution in [0, 0.1) is 25.2 Å². The molecule has 0 fully saturated rings. The van der Waals surface area contributed by atoms with Crippen molar-refractivity contribution >= 4 is 23.5 Å². The van der Waals surface area contributed by atoms with Gasteiger partial charge in [0.15, 0.2) is 0 Å². The number of nitrogens with one attached hydrogen (secondary N) is 1. The third-order valence-electron chi connectivity index (χ3n) is 4.16. The van der Waals surface area contributed by atoms with E-state index in [-0.39, 0.29) is 11.7 Å². The van der Waals surface area contributed by atoms with Gasteiger partial charge >= 0.3 is 0 Å². The lowest BCUT2D eigenvalue weighted by atomic mass is 10.2. The van der Waals surface area contributed by atoms with Crippen molar-refractivity contribution in [3.63, 3.8) is 0 Å². The Morgan fingerprint density at radius 2 is 2.00 bits per heavy atom. The summed E-state index contributed by atoms with van der Waals surface area (Å²) in [6.07, 6.45) is 1.62. The first-order valence-corrected chi connectivity index (χ1v) is 9.34. The number of amides is 1. The van der Waals surface area contributed by atoms with Crippen LogP contribution in [0.15, 0.2) is 53.1 Å². The molecule has 3 rings (SSSR count). The fourth-order valence-electron chi connectivity index (χ4n) is 2.77. The second-order valence-corrected chi connectivity index (χ2v) is 6.82. The first kappa shape index (κ1) is 17.9. The normalized spacial score (nSPS) is 10.5. The van der Waals surface area contributed by atoms with Crippen molar-refractivity contribution in [3.05, 3.63) is 71.3 Å². The number of thioether (sulfide) groups is 1. The summed E-state index contributed by atoms with van der Waals surface area (Å²) in [6, 6.07) is 15.6. The Morgan fingerprint density at radius 3 is 2.65 bits per heavy atom. The predicted octanol–water partition coefficient (Wildman–Crippen LogP) is 4.43. The van der Waals surface area contributed by atoms with Crippen molar-refractivity contribution in [1.82, 2.24) is 4.57 Å². The number of para-hydroxylation sites is 1. The molecule has 0 saturated carbocycles. The van der Waals surface area contributed by atoms with E-state index in [0.717, 1.165) is 22.7 Å². The number of furan rings is 1. The molecule has 0 saturated heterocycles. The zero-order valence-electron chi connectivity index (χ0n) is 14.7. The standard InChI is InChI=1S/C20H19N3O2S/c1-14-15(2)23(16-7-4-3-5-8-16)20(18(14)11-21)22-19(24)13-26-12-17-9-6-10-25-17/h3-10H,12-13H2,1-2H3,(H,22,24). The highest BCUT2D eigenvalue weighted by Crippen LogP contribution is 2.30. The van der Waals surface area contributed by atoms with Gasteiger partial charge in [0.1, 0.15) is 17.6 Å². The Morgan fingerprint density at radius 1 is 1.23 bits per heavy atom. The van der Waals surface area contributed by atoms with Crippen molar-refractivity contribution in [2.75, 3.05) is 11.1 Å². The van der Waals surface area contributed by atoms with Crippen LogP contribution >= 0.6 is 11.8 Å². The van der Waals surface area contributed by atoms with Gasteiger partial charge in [-0.2, -0.15) is 5.26 Å². The molecule has 1 N–H and O–H groups in total. The van der Waals surface area contributed by atoms with E-state index >= 15 is 0 Å². The van der Waals surface area contributed by atoms with Crippen LogP contribution in [0.4, 0.5) is 5.82 Å². The van der Waals surface area contributed by atoms with Gasteiger partial charge in [0.25, 0.3) is 0 Å². The fourth-order valence-corrected chi connectivity index (χ4v) is 3.49. The summed E-state index contributed by atoms with van der Waals surface area (Å²) in [5.41, 5.74) is 3.21.